The first-order valence-corrected chi connectivity index (χ1v) is 5.50. The Morgan fingerprint density at radius 2 is 2.00 bits per heavy atom. The molecule has 0 aliphatic carbocycles. The van der Waals surface area contributed by atoms with Crippen molar-refractivity contribution in [1.29, 1.82) is 0 Å². The van der Waals surface area contributed by atoms with Crippen molar-refractivity contribution < 1.29 is 4.52 Å². The molecule has 0 bridgehead atoms. The number of hydrogen-bond acceptors (Lipinski definition) is 2. The fourth-order valence-electron chi connectivity index (χ4n) is 1.53. The minimum absolute atomic E-state index is 0.666. The molecule has 0 spiro atoms. The van der Waals surface area contributed by atoms with Gasteiger partial charge in [-0.25, -0.2) is 0 Å². The maximum absolute atomic E-state index is 5.67. The third-order valence-corrected chi connectivity index (χ3v) is 2.54. The van der Waals surface area contributed by atoms with Gasteiger partial charge in [0.1, 0.15) is 12.0 Å². The first kappa shape index (κ1) is 10.2. The SMILES string of the molecule is ClCCCc1conc1-c1ccccc1. The second-order valence-corrected chi connectivity index (χ2v) is 3.72. The molecule has 1 aromatic carbocycles. The summed E-state index contributed by atoms with van der Waals surface area (Å²) in [6.07, 6.45) is 3.56. The van der Waals surface area contributed by atoms with Gasteiger partial charge in [0, 0.05) is 17.0 Å². The van der Waals surface area contributed by atoms with Gasteiger partial charge in [0.05, 0.1) is 0 Å². The molecule has 0 saturated heterocycles. The molecule has 0 N–H and O–H groups in total. The molecule has 1 heterocycles. The van der Waals surface area contributed by atoms with E-state index < -0.39 is 0 Å². The maximum Gasteiger partial charge on any atom is 0.127 e. The fourth-order valence-corrected chi connectivity index (χ4v) is 1.66. The number of benzene rings is 1. The lowest BCUT2D eigenvalue weighted by Gasteiger charge is -1.99. The van der Waals surface area contributed by atoms with E-state index in [2.05, 4.69) is 5.16 Å². The van der Waals surface area contributed by atoms with Crippen LogP contribution in [0.2, 0.25) is 0 Å². The zero-order valence-corrected chi connectivity index (χ0v) is 9.07. The number of hydrogen-bond donors (Lipinski definition) is 0. The quantitative estimate of drug-likeness (QED) is 0.739. The van der Waals surface area contributed by atoms with Crippen molar-refractivity contribution in [3.63, 3.8) is 0 Å². The molecule has 0 aliphatic heterocycles. The van der Waals surface area contributed by atoms with E-state index >= 15 is 0 Å². The van der Waals surface area contributed by atoms with Gasteiger partial charge < -0.3 is 4.52 Å². The Bertz CT molecular complexity index is 411. The summed E-state index contributed by atoms with van der Waals surface area (Å²) < 4.78 is 5.00. The van der Waals surface area contributed by atoms with Crippen molar-refractivity contribution in [2.24, 2.45) is 0 Å². The summed E-state index contributed by atoms with van der Waals surface area (Å²) in [5, 5.41) is 4.02. The summed E-state index contributed by atoms with van der Waals surface area (Å²) in [5.74, 6) is 0.666. The van der Waals surface area contributed by atoms with E-state index in [0.717, 1.165) is 29.7 Å². The second kappa shape index (κ2) is 4.99. The molecule has 1 aromatic heterocycles. The van der Waals surface area contributed by atoms with Crippen molar-refractivity contribution in [3.05, 3.63) is 42.2 Å². The average Bonchev–Trinajstić information content (AvgIpc) is 2.75. The molecule has 0 fully saturated rings. The number of rotatable bonds is 4. The highest BCUT2D eigenvalue weighted by atomic mass is 35.5. The summed E-state index contributed by atoms with van der Waals surface area (Å²) >= 11 is 5.67. The topological polar surface area (TPSA) is 26.0 Å². The predicted molar refractivity (Wildman–Crippen MR) is 61.0 cm³/mol. The number of aryl methyl sites for hydroxylation is 1. The van der Waals surface area contributed by atoms with E-state index in [1.165, 1.54) is 0 Å². The standard InChI is InChI=1S/C12H12ClNO/c13-8-4-7-11-9-15-14-12(11)10-5-2-1-3-6-10/h1-3,5-6,9H,4,7-8H2. The van der Waals surface area contributed by atoms with Gasteiger partial charge in [-0.1, -0.05) is 35.5 Å². The van der Waals surface area contributed by atoms with Crippen molar-refractivity contribution in [2.45, 2.75) is 12.8 Å². The van der Waals surface area contributed by atoms with Gasteiger partial charge in [-0.05, 0) is 12.8 Å². The van der Waals surface area contributed by atoms with Crippen LogP contribution < -0.4 is 0 Å². The highest BCUT2D eigenvalue weighted by Crippen LogP contribution is 2.22. The minimum atomic E-state index is 0.666. The van der Waals surface area contributed by atoms with Gasteiger partial charge in [-0.3, -0.25) is 0 Å². The van der Waals surface area contributed by atoms with Gasteiger partial charge in [0.25, 0.3) is 0 Å². The molecule has 0 saturated carbocycles. The largest absolute Gasteiger partial charge is 0.364 e. The first-order chi connectivity index (χ1) is 7.42. The normalized spacial score (nSPS) is 10.5. The third kappa shape index (κ3) is 2.39. The van der Waals surface area contributed by atoms with Crippen molar-refractivity contribution in [3.8, 4) is 11.3 Å². The van der Waals surface area contributed by atoms with Crippen LogP contribution in [0.3, 0.4) is 0 Å². The Balaban J connectivity index is 2.25. The molecule has 0 amide bonds. The van der Waals surface area contributed by atoms with Crippen LogP contribution in [0, 0.1) is 0 Å². The van der Waals surface area contributed by atoms with Crippen LogP contribution in [-0.4, -0.2) is 11.0 Å². The van der Waals surface area contributed by atoms with Crippen LogP contribution >= 0.6 is 11.6 Å². The Morgan fingerprint density at radius 3 is 2.73 bits per heavy atom. The monoisotopic (exact) mass is 221 g/mol. The van der Waals surface area contributed by atoms with E-state index in [1.807, 2.05) is 30.3 Å². The molecule has 3 heteroatoms. The van der Waals surface area contributed by atoms with Crippen LogP contribution in [-0.2, 0) is 6.42 Å². The Kier molecular flexibility index (Phi) is 3.41. The third-order valence-electron chi connectivity index (χ3n) is 2.27. The Morgan fingerprint density at radius 1 is 1.20 bits per heavy atom. The van der Waals surface area contributed by atoms with E-state index in [0.29, 0.717) is 5.88 Å². The lowest BCUT2D eigenvalue weighted by atomic mass is 10.1. The highest BCUT2D eigenvalue weighted by Gasteiger charge is 2.08. The molecule has 2 nitrogen and oxygen atoms in total. The Labute approximate surface area is 93.9 Å². The molecular formula is C12H12ClNO. The minimum Gasteiger partial charge on any atom is -0.364 e. The highest BCUT2D eigenvalue weighted by molar-refractivity contribution is 6.17. The molecule has 15 heavy (non-hydrogen) atoms. The maximum atomic E-state index is 5.67. The molecule has 2 rings (SSSR count). The van der Waals surface area contributed by atoms with Crippen LogP contribution in [0.5, 0.6) is 0 Å². The molecule has 2 aromatic rings. The summed E-state index contributed by atoms with van der Waals surface area (Å²) in [6, 6.07) is 10.0. The molecule has 0 aliphatic rings. The zero-order chi connectivity index (χ0) is 10.5. The van der Waals surface area contributed by atoms with E-state index in [-0.39, 0.29) is 0 Å². The number of aromatic nitrogens is 1. The number of halogens is 1. The second-order valence-electron chi connectivity index (χ2n) is 3.35. The van der Waals surface area contributed by atoms with E-state index in [4.69, 9.17) is 16.1 Å². The smallest absolute Gasteiger partial charge is 0.127 e. The predicted octanol–water partition coefficient (Wildman–Crippen LogP) is 3.51. The average molecular weight is 222 g/mol. The molecule has 0 unspecified atom stereocenters. The Hall–Kier alpha value is -1.28. The first-order valence-electron chi connectivity index (χ1n) is 4.96. The summed E-state index contributed by atoms with van der Waals surface area (Å²) in [5.41, 5.74) is 3.15. The lowest BCUT2D eigenvalue weighted by molar-refractivity contribution is 0.421. The lowest BCUT2D eigenvalue weighted by Crippen LogP contribution is -1.88. The van der Waals surface area contributed by atoms with Gasteiger partial charge in [-0.15, -0.1) is 11.6 Å². The fraction of sp³-hybridized carbons (Fsp3) is 0.250. The van der Waals surface area contributed by atoms with Gasteiger partial charge in [-0.2, -0.15) is 0 Å². The number of nitrogens with zero attached hydrogens (tertiary/aromatic N) is 1. The van der Waals surface area contributed by atoms with E-state index in [9.17, 15) is 0 Å². The van der Waals surface area contributed by atoms with Crippen LogP contribution in [0.25, 0.3) is 11.3 Å². The molecule has 78 valence electrons. The zero-order valence-electron chi connectivity index (χ0n) is 8.32. The van der Waals surface area contributed by atoms with Crippen LogP contribution in [0.15, 0.2) is 41.1 Å². The van der Waals surface area contributed by atoms with Gasteiger partial charge in [0.2, 0.25) is 0 Å². The van der Waals surface area contributed by atoms with Crippen LogP contribution in [0.4, 0.5) is 0 Å². The summed E-state index contributed by atoms with van der Waals surface area (Å²) in [6.45, 7) is 0. The van der Waals surface area contributed by atoms with E-state index in [1.54, 1.807) is 6.26 Å². The molecular weight excluding hydrogens is 210 g/mol. The summed E-state index contributed by atoms with van der Waals surface area (Å²) in [7, 11) is 0. The van der Waals surface area contributed by atoms with Crippen molar-refractivity contribution in [1.82, 2.24) is 5.16 Å². The van der Waals surface area contributed by atoms with Gasteiger partial charge >= 0.3 is 0 Å². The van der Waals surface area contributed by atoms with Crippen LogP contribution in [0.1, 0.15) is 12.0 Å². The van der Waals surface area contributed by atoms with Crippen molar-refractivity contribution >= 4 is 11.6 Å². The molecule has 0 radical (unpaired) electrons. The number of alkyl halides is 1. The van der Waals surface area contributed by atoms with Crippen molar-refractivity contribution in [2.75, 3.05) is 5.88 Å². The van der Waals surface area contributed by atoms with Gasteiger partial charge in [0.15, 0.2) is 0 Å². The molecule has 0 atom stereocenters. The summed E-state index contributed by atoms with van der Waals surface area (Å²) in [4.78, 5) is 0.